The Balaban J connectivity index is 2.26. The number of hydrogen-bond donors (Lipinski definition) is 2. The Morgan fingerprint density at radius 1 is 1.53 bits per heavy atom. The van der Waals surface area contributed by atoms with Gasteiger partial charge in [0.05, 0.1) is 0 Å². The van der Waals surface area contributed by atoms with E-state index in [2.05, 4.69) is 10.5 Å². The minimum atomic E-state index is -0.803. The van der Waals surface area contributed by atoms with Crippen LogP contribution in [0.4, 0.5) is 10.2 Å². The van der Waals surface area contributed by atoms with Gasteiger partial charge in [0.15, 0.2) is 5.82 Å². The third kappa shape index (κ3) is 2.25. The number of aryl methyl sites for hydroxylation is 1. The average Bonchev–Trinajstić information content (AvgIpc) is 2.63. The fraction of sp³-hybridized carbons (Fsp3) is 0.0909. The molecule has 2 rings (SSSR count). The highest BCUT2D eigenvalue weighted by atomic mass is 19.1. The number of carbonyl (C=O) groups is 1. The summed E-state index contributed by atoms with van der Waals surface area (Å²) < 4.78 is 18.1. The van der Waals surface area contributed by atoms with Crippen molar-refractivity contribution < 1.29 is 18.8 Å². The second kappa shape index (κ2) is 4.25. The molecule has 6 heteroatoms. The lowest BCUT2D eigenvalue weighted by Gasteiger charge is -2.04. The van der Waals surface area contributed by atoms with E-state index in [1.165, 1.54) is 18.2 Å². The highest BCUT2D eigenvalue weighted by Gasteiger charge is 2.17. The lowest BCUT2D eigenvalue weighted by atomic mass is 10.1. The van der Waals surface area contributed by atoms with E-state index in [9.17, 15) is 14.3 Å². The molecule has 0 saturated heterocycles. The first-order valence-electron chi connectivity index (χ1n) is 4.80. The number of anilines is 1. The molecule has 0 atom stereocenters. The number of carbonyl (C=O) groups excluding carboxylic acids is 1. The summed E-state index contributed by atoms with van der Waals surface area (Å²) in [5, 5.41) is 15.2. The Bertz CT molecular complexity index is 545. The van der Waals surface area contributed by atoms with Crippen LogP contribution in [0, 0.1) is 12.7 Å². The molecule has 0 aliphatic carbocycles. The molecular weight excluding hydrogens is 227 g/mol. The van der Waals surface area contributed by atoms with Gasteiger partial charge in [-0.05, 0) is 19.1 Å². The summed E-state index contributed by atoms with van der Waals surface area (Å²) in [7, 11) is 0. The molecule has 5 nitrogen and oxygen atoms in total. The Kier molecular flexibility index (Phi) is 2.78. The van der Waals surface area contributed by atoms with Crippen molar-refractivity contribution >= 4 is 11.7 Å². The molecule has 0 saturated carbocycles. The van der Waals surface area contributed by atoms with Crippen LogP contribution < -0.4 is 5.32 Å². The van der Waals surface area contributed by atoms with Gasteiger partial charge in [0.2, 0.25) is 0 Å². The number of nitrogens with one attached hydrogen (secondary N) is 1. The van der Waals surface area contributed by atoms with Crippen LogP contribution in [0.1, 0.15) is 16.1 Å². The maximum Gasteiger partial charge on any atom is 0.263 e. The largest absolute Gasteiger partial charge is 0.507 e. The predicted octanol–water partition coefficient (Wildman–Crippen LogP) is 2.08. The number of phenolic OH excluding ortho intramolecular Hbond substituents is 1. The lowest BCUT2D eigenvalue weighted by Crippen LogP contribution is -2.14. The molecule has 1 aromatic heterocycles. The summed E-state index contributed by atoms with van der Waals surface area (Å²) in [5.41, 5.74) is -0.423. The third-order valence-electron chi connectivity index (χ3n) is 2.09. The Hall–Kier alpha value is -2.37. The molecule has 0 unspecified atom stereocenters. The summed E-state index contributed by atoms with van der Waals surface area (Å²) in [6.45, 7) is 1.66. The van der Waals surface area contributed by atoms with Crippen molar-refractivity contribution in [3.05, 3.63) is 41.4 Å². The fourth-order valence-electron chi connectivity index (χ4n) is 1.34. The van der Waals surface area contributed by atoms with Crippen molar-refractivity contribution in [3.63, 3.8) is 0 Å². The van der Waals surface area contributed by atoms with E-state index in [0.29, 0.717) is 5.76 Å². The van der Waals surface area contributed by atoms with Crippen molar-refractivity contribution in [1.29, 1.82) is 0 Å². The summed E-state index contributed by atoms with van der Waals surface area (Å²) in [6.07, 6.45) is 0. The normalized spacial score (nSPS) is 10.2. The zero-order chi connectivity index (χ0) is 12.4. The van der Waals surface area contributed by atoms with Crippen LogP contribution in [-0.4, -0.2) is 16.2 Å². The summed E-state index contributed by atoms with van der Waals surface area (Å²) in [4.78, 5) is 11.7. The van der Waals surface area contributed by atoms with E-state index in [0.717, 1.165) is 6.07 Å². The molecule has 0 radical (unpaired) electrons. The molecule has 2 N–H and O–H groups in total. The van der Waals surface area contributed by atoms with Crippen LogP contribution in [0.25, 0.3) is 0 Å². The van der Waals surface area contributed by atoms with Gasteiger partial charge in [-0.3, -0.25) is 4.79 Å². The second-order valence-electron chi connectivity index (χ2n) is 3.41. The number of nitrogens with zero attached hydrogens (tertiary/aromatic N) is 1. The van der Waals surface area contributed by atoms with Crippen LogP contribution in [-0.2, 0) is 0 Å². The molecule has 0 fully saturated rings. The van der Waals surface area contributed by atoms with Gasteiger partial charge >= 0.3 is 0 Å². The molecule has 17 heavy (non-hydrogen) atoms. The van der Waals surface area contributed by atoms with Crippen molar-refractivity contribution in [3.8, 4) is 5.75 Å². The van der Waals surface area contributed by atoms with E-state index in [-0.39, 0.29) is 5.82 Å². The highest BCUT2D eigenvalue weighted by Crippen LogP contribution is 2.21. The number of amides is 1. The van der Waals surface area contributed by atoms with Crippen LogP contribution in [0.5, 0.6) is 5.75 Å². The SMILES string of the molecule is Cc1cc(NC(=O)c2c(O)cccc2F)no1. The van der Waals surface area contributed by atoms with Gasteiger partial charge in [0.1, 0.15) is 22.9 Å². The van der Waals surface area contributed by atoms with Crippen LogP contribution in [0.2, 0.25) is 0 Å². The zero-order valence-electron chi connectivity index (χ0n) is 8.90. The Morgan fingerprint density at radius 3 is 2.88 bits per heavy atom. The average molecular weight is 236 g/mol. The topological polar surface area (TPSA) is 75.4 Å². The van der Waals surface area contributed by atoms with E-state index >= 15 is 0 Å². The van der Waals surface area contributed by atoms with Gasteiger partial charge in [-0.2, -0.15) is 0 Å². The number of aromatic nitrogens is 1. The number of rotatable bonds is 2. The fourth-order valence-corrected chi connectivity index (χ4v) is 1.34. The minimum Gasteiger partial charge on any atom is -0.507 e. The lowest BCUT2D eigenvalue weighted by molar-refractivity contribution is 0.101. The first-order chi connectivity index (χ1) is 8.08. The van der Waals surface area contributed by atoms with E-state index in [4.69, 9.17) is 4.52 Å². The number of halogens is 1. The molecule has 1 aromatic carbocycles. The third-order valence-corrected chi connectivity index (χ3v) is 2.09. The Morgan fingerprint density at radius 2 is 2.29 bits per heavy atom. The number of phenols is 1. The minimum absolute atomic E-state index is 0.162. The standard InChI is InChI=1S/C11H9FN2O3/c1-6-5-9(14-17-6)13-11(16)10-7(12)3-2-4-8(10)15/h2-5,15H,1H3,(H,13,14,16). The predicted molar refractivity (Wildman–Crippen MR) is 57.3 cm³/mol. The van der Waals surface area contributed by atoms with Crippen LogP contribution in [0.3, 0.4) is 0 Å². The second-order valence-corrected chi connectivity index (χ2v) is 3.41. The van der Waals surface area contributed by atoms with Crippen molar-refractivity contribution in [2.45, 2.75) is 6.92 Å². The van der Waals surface area contributed by atoms with E-state index in [1.54, 1.807) is 6.92 Å². The van der Waals surface area contributed by atoms with Gasteiger partial charge in [-0.15, -0.1) is 0 Å². The van der Waals surface area contributed by atoms with Gasteiger partial charge < -0.3 is 14.9 Å². The first-order valence-corrected chi connectivity index (χ1v) is 4.80. The van der Waals surface area contributed by atoms with Crippen molar-refractivity contribution in [2.75, 3.05) is 5.32 Å². The van der Waals surface area contributed by atoms with E-state index in [1.807, 2.05) is 0 Å². The molecule has 88 valence electrons. The molecule has 1 amide bonds. The zero-order valence-corrected chi connectivity index (χ0v) is 8.90. The molecule has 0 aliphatic rings. The van der Waals surface area contributed by atoms with Gasteiger partial charge in [-0.25, -0.2) is 4.39 Å². The van der Waals surface area contributed by atoms with E-state index < -0.39 is 23.0 Å². The summed E-state index contributed by atoms with van der Waals surface area (Å²) >= 11 is 0. The molecule has 0 aliphatic heterocycles. The monoisotopic (exact) mass is 236 g/mol. The summed E-state index contributed by atoms with van der Waals surface area (Å²) in [6, 6.07) is 5.10. The maximum absolute atomic E-state index is 13.3. The van der Waals surface area contributed by atoms with Gasteiger partial charge in [0, 0.05) is 6.07 Å². The van der Waals surface area contributed by atoms with Crippen LogP contribution in [0.15, 0.2) is 28.8 Å². The molecule has 1 heterocycles. The number of aromatic hydroxyl groups is 1. The quantitative estimate of drug-likeness (QED) is 0.837. The number of benzene rings is 1. The maximum atomic E-state index is 13.3. The van der Waals surface area contributed by atoms with Crippen molar-refractivity contribution in [2.24, 2.45) is 0 Å². The molecular formula is C11H9FN2O3. The molecule has 0 spiro atoms. The summed E-state index contributed by atoms with van der Waals surface area (Å²) in [5.74, 6) is -1.34. The smallest absolute Gasteiger partial charge is 0.263 e. The first kappa shape index (κ1) is 11.1. The van der Waals surface area contributed by atoms with Gasteiger partial charge in [0.25, 0.3) is 5.91 Å². The molecule has 0 bridgehead atoms. The highest BCUT2D eigenvalue weighted by molar-refractivity contribution is 6.05. The molecule has 2 aromatic rings. The number of hydrogen-bond acceptors (Lipinski definition) is 4. The Labute approximate surface area is 95.9 Å². The van der Waals surface area contributed by atoms with Crippen LogP contribution >= 0.6 is 0 Å². The van der Waals surface area contributed by atoms with Gasteiger partial charge in [-0.1, -0.05) is 11.2 Å². The van der Waals surface area contributed by atoms with Crippen molar-refractivity contribution in [1.82, 2.24) is 5.16 Å².